The van der Waals surface area contributed by atoms with Crippen molar-refractivity contribution in [2.24, 2.45) is 5.92 Å². The molecule has 21 heavy (non-hydrogen) atoms. The summed E-state index contributed by atoms with van der Waals surface area (Å²) in [5, 5.41) is 9.12. The molecule has 0 radical (unpaired) electrons. The molecule has 1 aromatic rings. The lowest BCUT2D eigenvalue weighted by Crippen LogP contribution is -2.42. The van der Waals surface area contributed by atoms with Crippen LogP contribution < -0.4 is 0 Å². The number of benzene rings is 1. The Morgan fingerprint density at radius 3 is 2.67 bits per heavy atom. The molecule has 1 aliphatic heterocycles. The summed E-state index contributed by atoms with van der Waals surface area (Å²) in [6, 6.07) is 10.9. The summed E-state index contributed by atoms with van der Waals surface area (Å²) >= 11 is 0. The van der Waals surface area contributed by atoms with Gasteiger partial charge in [0.2, 0.25) is 0 Å². The van der Waals surface area contributed by atoms with Crippen LogP contribution in [0, 0.1) is 5.92 Å². The fraction of sp³-hybridized carbons (Fsp3) is 0.588. The van der Waals surface area contributed by atoms with Crippen molar-refractivity contribution in [1.82, 2.24) is 9.80 Å². The molecule has 1 aliphatic carbocycles. The van der Waals surface area contributed by atoms with Crippen LogP contribution in [-0.2, 0) is 11.3 Å². The molecule has 3 rings (SSSR count). The van der Waals surface area contributed by atoms with Crippen LogP contribution in [0.1, 0.15) is 24.8 Å². The molecular weight excluding hydrogens is 264 g/mol. The molecule has 1 saturated heterocycles. The minimum atomic E-state index is -0.697. The van der Waals surface area contributed by atoms with Gasteiger partial charge in [-0.25, -0.2) is 0 Å². The maximum absolute atomic E-state index is 11.1. The Bertz CT molecular complexity index is 473. The van der Waals surface area contributed by atoms with Crippen LogP contribution in [0.5, 0.6) is 0 Å². The summed E-state index contributed by atoms with van der Waals surface area (Å²) in [6.45, 7) is 4.20. The first-order valence-electron chi connectivity index (χ1n) is 7.93. The van der Waals surface area contributed by atoms with E-state index in [1.807, 2.05) is 6.07 Å². The lowest BCUT2D eigenvalue weighted by molar-refractivity contribution is -0.138. The second-order valence-electron chi connectivity index (χ2n) is 6.43. The highest BCUT2D eigenvalue weighted by Crippen LogP contribution is 2.31. The highest BCUT2D eigenvalue weighted by Gasteiger charge is 2.32. The zero-order valence-electron chi connectivity index (χ0n) is 12.4. The monoisotopic (exact) mass is 288 g/mol. The zero-order valence-corrected chi connectivity index (χ0v) is 12.4. The summed E-state index contributed by atoms with van der Waals surface area (Å²) in [5.41, 5.74) is 1.34. The predicted molar refractivity (Wildman–Crippen MR) is 82.1 cm³/mol. The van der Waals surface area contributed by atoms with Gasteiger partial charge in [-0.1, -0.05) is 30.3 Å². The minimum absolute atomic E-state index is 0.195. The molecule has 1 unspecified atom stereocenters. The van der Waals surface area contributed by atoms with E-state index < -0.39 is 5.97 Å². The summed E-state index contributed by atoms with van der Waals surface area (Å²) in [7, 11) is 0. The van der Waals surface area contributed by atoms with Gasteiger partial charge >= 0.3 is 5.97 Å². The second-order valence-corrected chi connectivity index (χ2v) is 6.43. The Morgan fingerprint density at radius 1 is 1.24 bits per heavy atom. The maximum Gasteiger partial charge on any atom is 0.317 e. The summed E-state index contributed by atoms with van der Waals surface area (Å²) < 4.78 is 0. The molecule has 1 aromatic carbocycles. The molecule has 1 heterocycles. The second kappa shape index (κ2) is 6.58. The van der Waals surface area contributed by atoms with E-state index in [1.54, 1.807) is 0 Å². The molecule has 114 valence electrons. The van der Waals surface area contributed by atoms with Crippen LogP contribution in [-0.4, -0.2) is 53.1 Å². The van der Waals surface area contributed by atoms with Gasteiger partial charge in [-0.05, 0) is 30.7 Å². The largest absolute Gasteiger partial charge is 0.480 e. The van der Waals surface area contributed by atoms with Crippen molar-refractivity contribution < 1.29 is 9.90 Å². The number of aliphatic carboxylic acids is 1. The standard InChI is InChI=1S/C17H24N2O2/c20-17(21)13-19(11-15-6-7-15)16-8-9-18(12-16)10-14-4-2-1-3-5-14/h1-5,15-16H,6-13H2,(H,20,21). The molecule has 0 bridgehead atoms. The van der Waals surface area contributed by atoms with Gasteiger partial charge in [-0.15, -0.1) is 0 Å². The van der Waals surface area contributed by atoms with Crippen LogP contribution in [0.4, 0.5) is 0 Å². The molecule has 1 saturated carbocycles. The highest BCUT2D eigenvalue weighted by molar-refractivity contribution is 5.69. The fourth-order valence-corrected chi connectivity index (χ4v) is 3.24. The Morgan fingerprint density at radius 2 is 2.00 bits per heavy atom. The lowest BCUT2D eigenvalue weighted by atomic mass is 10.2. The number of carbonyl (C=O) groups is 1. The van der Waals surface area contributed by atoms with Gasteiger partial charge < -0.3 is 5.11 Å². The van der Waals surface area contributed by atoms with E-state index in [2.05, 4.69) is 34.1 Å². The van der Waals surface area contributed by atoms with Gasteiger partial charge in [0, 0.05) is 32.2 Å². The van der Waals surface area contributed by atoms with E-state index in [9.17, 15) is 4.79 Å². The normalized spacial score (nSPS) is 22.8. The highest BCUT2D eigenvalue weighted by atomic mass is 16.4. The topological polar surface area (TPSA) is 43.8 Å². The van der Waals surface area contributed by atoms with Gasteiger partial charge in [0.05, 0.1) is 6.54 Å². The van der Waals surface area contributed by atoms with Crippen molar-refractivity contribution in [3.63, 3.8) is 0 Å². The number of nitrogens with zero attached hydrogens (tertiary/aromatic N) is 2. The van der Waals surface area contributed by atoms with E-state index in [0.717, 1.165) is 38.5 Å². The van der Waals surface area contributed by atoms with Crippen LogP contribution in [0.3, 0.4) is 0 Å². The number of carboxylic acid groups (broad SMARTS) is 1. The zero-order chi connectivity index (χ0) is 14.7. The third kappa shape index (κ3) is 4.29. The van der Waals surface area contributed by atoms with Gasteiger partial charge in [0.25, 0.3) is 0 Å². The number of hydrogen-bond donors (Lipinski definition) is 1. The Kier molecular flexibility index (Phi) is 4.56. The Labute approximate surface area is 126 Å². The first-order valence-corrected chi connectivity index (χ1v) is 7.93. The van der Waals surface area contributed by atoms with Crippen molar-refractivity contribution in [1.29, 1.82) is 0 Å². The van der Waals surface area contributed by atoms with E-state index in [4.69, 9.17) is 5.11 Å². The van der Waals surface area contributed by atoms with Gasteiger partial charge in [-0.3, -0.25) is 14.6 Å². The fourth-order valence-electron chi connectivity index (χ4n) is 3.24. The molecule has 0 aromatic heterocycles. The number of hydrogen-bond acceptors (Lipinski definition) is 3. The predicted octanol–water partition coefficient (Wildman–Crippen LogP) is 2.06. The third-order valence-corrected chi connectivity index (χ3v) is 4.54. The molecule has 1 atom stereocenters. The van der Waals surface area contributed by atoms with E-state index >= 15 is 0 Å². The Balaban J connectivity index is 1.54. The lowest BCUT2D eigenvalue weighted by Gasteiger charge is -2.27. The molecular formula is C17H24N2O2. The SMILES string of the molecule is O=C(O)CN(CC1CC1)C1CCN(Cc2ccccc2)C1. The van der Waals surface area contributed by atoms with Gasteiger partial charge in [0.15, 0.2) is 0 Å². The van der Waals surface area contributed by atoms with Crippen LogP contribution in [0.15, 0.2) is 30.3 Å². The molecule has 4 heteroatoms. The molecule has 0 spiro atoms. The molecule has 1 N–H and O–H groups in total. The van der Waals surface area contributed by atoms with Crippen molar-refractivity contribution >= 4 is 5.97 Å². The number of likely N-dealkylation sites (tertiary alicyclic amines) is 1. The summed E-state index contributed by atoms with van der Waals surface area (Å²) in [5.74, 6) is 0.0460. The van der Waals surface area contributed by atoms with Crippen molar-refractivity contribution in [3.8, 4) is 0 Å². The smallest absolute Gasteiger partial charge is 0.317 e. The summed E-state index contributed by atoms with van der Waals surface area (Å²) in [6.07, 6.45) is 3.64. The van der Waals surface area contributed by atoms with Crippen LogP contribution >= 0.6 is 0 Å². The number of carboxylic acids is 1. The quantitative estimate of drug-likeness (QED) is 0.834. The average Bonchev–Trinajstić information content (AvgIpc) is 3.16. The molecule has 2 fully saturated rings. The van der Waals surface area contributed by atoms with Gasteiger partial charge in [0.1, 0.15) is 0 Å². The van der Waals surface area contributed by atoms with E-state index in [1.165, 1.54) is 18.4 Å². The van der Waals surface area contributed by atoms with Crippen molar-refractivity contribution in [2.75, 3.05) is 26.2 Å². The van der Waals surface area contributed by atoms with Crippen LogP contribution in [0.2, 0.25) is 0 Å². The van der Waals surface area contributed by atoms with Crippen LogP contribution in [0.25, 0.3) is 0 Å². The van der Waals surface area contributed by atoms with E-state index in [-0.39, 0.29) is 6.54 Å². The van der Waals surface area contributed by atoms with Crippen molar-refractivity contribution in [2.45, 2.75) is 31.8 Å². The minimum Gasteiger partial charge on any atom is -0.480 e. The molecule has 2 aliphatic rings. The molecule has 0 amide bonds. The molecule has 4 nitrogen and oxygen atoms in total. The first-order chi connectivity index (χ1) is 10.2. The van der Waals surface area contributed by atoms with Crippen molar-refractivity contribution in [3.05, 3.63) is 35.9 Å². The third-order valence-electron chi connectivity index (χ3n) is 4.54. The first kappa shape index (κ1) is 14.5. The Hall–Kier alpha value is -1.39. The maximum atomic E-state index is 11.1. The number of rotatable bonds is 7. The van der Waals surface area contributed by atoms with Gasteiger partial charge in [-0.2, -0.15) is 0 Å². The van der Waals surface area contributed by atoms with E-state index in [0.29, 0.717) is 6.04 Å². The summed E-state index contributed by atoms with van der Waals surface area (Å²) in [4.78, 5) is 15.7. The average molecular weight is 288 g/mol.